The van der Waals surface area contributed by atoms with Crippen LogP contribution in [0.1, 0.15) is 28.3 Å². The van der Waals surface area contributed by atoms with Gasteiger partial charge in [0, 0.05) is 17.5 Å². The quantitative estimate of drug-likeness (QED) is 0.744. The molecule has 1 aliphatic rings. The second-order valence-corrected chi connectivity index (χ2v) is 5.17. The molecule has 0 saturated heterocycles. The Balaban J connectivity index is 1.70. The van der Waals surface area contributed by atoms with Crippen LogP contribution in [-0.2, 0) is 0 Å². The number of nitrogens with two attached hydrogens (primary N) is 2. The van der Waals surface area contributed by atoms with E-state index in [0.29, 0.717) is 23.2 Å². The SMILES string of the molecule is NC(=O)c1ccc(NC2CC2c2ccccc2)c(N)c1. The van der Waals surface area contributed by atoms with Crippen LogP contribution in [0, 0.1) is 0 Å². The van der Waals surface area contributed by atoms with Crippen molar-refractivity contribution in [3.05, 3.63) is 59.7 Å². The van der Waals surface area contributed by atoms with Crippen molar-refractivity contribution in [3.8, 4) is 0 Å². The molecule has 0 aliphatic heterocycles. The number of hydrogen-bond donors (Lipinski definition) is 3. The number of nitrogens with one attached hydrogen (secondary N) is 1. The maximum atomic E-state index is 11.1. The van der Waals surface area contributed by atoms with Gasteiger partial charge < -0.3 is 16.8 Å². The molecule has 20 heavy (non-hydrogen) atoms. The smallest absolute Gasteiger partial charge is 0.248 e. The number of carbonyl (C=O) groups excluding carboxylic acids is 1. The minimum atomic E-state index is -0.461. The fourth-order valence-electron chi connectivity index (χ4n) is 2.47. The molecule has 0 spiro atoms. The van der Waals surface area contributed by atoms with Gasteiger partial charge >= 0.3 is 0 Å². The fraction of sp³-hybridized carbons (Fsp3) is 0.188. The standard InChI is InChI=1S/C16H17N3O/c17-13-8-11(16(18)20)6-7-14(13)19-15-9-12(15)10-4-2-1-3-5-10/h1-8,12,15,19H,9,17H2,(H2,18,20). The lowest BCUT2D eigenvalue weighted by molar-refractivity contribution is 0.100. The molecule has 2 unspecified atom stereocenters. The molecule has 0 heterocycles. The molecule has 3 rings (SSSR count). The highest BCUT2D eigenvalue weighted by Gasteiger charge is 2.38. The number of rotatable bonds is 4. The van der Waals surface area contributed by atoms with Gasteiger partial charge in [0.2, 0.25) is 5.91 Å². The Labute approximate surface area is 117 Å². The van der Waals surface area contributed by atoms with Crippen molar-refractivity contribution in [1.82, 2.24) is 0 Å². The van der Waals surface area contributed by atoms with Gasteiger partial charge in [-0.3, -0.25) is 4.79 Å². The Hall–Kier alpha value is -2.49. The van der Waals surface area contributed by atoms with Crippen molar-refractivity contribution in [3.63, 3.8) is 0 Å². The number of nitrogen functional groups attached to an aromatic ring is 1. The maximum absolute atomic E-state index is 11.1. The molecular formula is C16H17N3O. The Bertz CT molecular complexity index is 639. The summed E-state index contributed by atoms with van der Waals surface area (Å²) in [7, 11) is 0. The number of amides is 1. The molecule has 1 saturated carbocycles. The molecule has 1 fully saturated rings. The van der Waals surface area contributed by atoms with Crippen LogP contribution in [0.25, 0.3) is 0 Å². The summed E-state index contributed by atoms with van der Waals surface area (Å²) in [6.45, 7) is 0. The van der Waals surface area contributed by atoms with E-state index < -0.39 is 5.91 Å². The normalized spacial score (nSPS) is 20.4. The topological polar surface area (TPSA) is 81.1 Å². The van der Waals surface area contributed by atoms with Gasteiger partial charge in [0.1, 0.15) is 0 Å². The van der Waals surface area contributed by atoms with Crippen LogP contribution >= 0.6 is 0 Å². The van der Waals surface area contributed by atoms with Gasteiger partial charge in [0.15, 0.2) is 0 Å². The van der Waals surface area contributed by atoms with Crippen molar-refractivity contribution < 1.29 is 4.79 Å². The largest absolute Gasteiger partial charge is 0.397 e. The molecule has 0 radical (unpaired) electrons. The first-order valence-corrected chi connectivity index (χ1v) is 6.66. The third-order valence-corrected chi connectivity index (χ3v) is 3.70. The van der Waals surface area contributed by atoms with Crippen molar-refractivity contribution in [2.75, 3.05) is 11.1 Å². The van der Waals surface area contributed by atoms with E-state index in [1.807, 2.05) is 12.1 Å². The van der Waals surface area contributed by atoms with Gasteiger partial charge in [-0.25, -0.2) is 0 Å². The lowest BCUT2D eigenvalue weighted by Gasteiger charge is -2.10. The van der Waals surface area contributed by atoms with Gasteiger partial charge in [0.25, 0.3) is 0 Å². The molecule has 5 N–H and O–H groups in total. The zero-order valence-electron chi connectivity index (χ0n) is 11.0. The summed E-state index contributed by atoms with van der Waals surface area (Å²) in [6, 6.07) is 16.0. The van der Waals surface area contributed by atoms with Crippen LogP contribution in [-0.4, -0.2) is 11.9 Å². The van der Waals surface area contributed by atoms with E-state index in [9.17, 15) is 4.79 Å². The Morgan fingerprint density at radius 3 is 2.55 bits per heavy atom. The Morgan fingerprint density at radius 2 is 1.90 bits per heavy atom. The first-order valence-electron chi connectivity index (χ1n) is 6.66. The van der Waals surface area contributed by atoms with E-state index in [2.05, 4.69) is 29.6 Å². The molecule has 0 aromatic heterocycles. The number of primary amides is 1. The predicted octanol–water partition coefficient (Wildman–Crippen LogP) is 2.34. The highest BCUT2D eigenvalue weighted by Crippen LogP contribution is 2.43. The summed E-state index contributed by atoms with van der Waals surface area (Å²) in [5.41, 5.74) is 14.4. The average molecular weight is 267 g/mol. The fourth-order valence-corrected chi connectivity index (χ4v) is 2.47. The summed E-state index contributed by atoms with van der Waals surface area (Å²) in [6.07, 6.45) is 1.10. The van der Waals surface area contributed by atoms with Crippen molar-refractivity contribution in [1.29, 1.82) is 0 Å². The van der Waals surface area contributed by atoms with Gasteiger partial charge in [-0.05, 0) is 30.2 Å². The van der Waals surface area contributed by atoms with Crippen LogP contribution < -0.4 is 16.8 Å². The number of benzene rings is 2. The minimum absolute atomic E-state index is 0.402. The van der Waals surface area contributed by atoms with Gasteiger partial charge in [-0.15, -0.1) is 0 Å². The summed E-state index contributed by atoms with van der Waals surface area (Å²) >= 11 is 0. The summed E-state index contributed by atoms with van der Waals surface area (Å²) < 4.78 is 0. The first kappa shape index (κ1) is 12.5. The Morgan fingerprint density at radius 1 is 1.15 bits per heavy atom. The molecule has 4 nitrogen and oxygen atoms in total. The third kappa shape index (κ3) is 2.45. The van der Waals surface area contributed by atoms with E-state index in [0.717, 1.165) is 12.1 Å². The lowest BCUT2D eigenvalue weighted by atomic mass is 10.1. The highest BCUT2D eigenvalue weighted by atomic mass is 16.1. The average Bonchev–Trinajstić information content (AvgIpc) is 3.21. The van der Waals surface area contributed by atoms with Gasteiger partial charge in [-0.1, -0.05) is 30.3 Å². The second kappa shape index (κ2) is 4.89. The zero-order chi connectivity index (χ0) is 14.1. The van der Waals surface area contributed by atoms with Crippen LogP contribution in [0.2, 0.25) is 0 Å². The van der Waals surface area contributed by atoms with Crippen LogP contribution in [0.4, 0.5) is 11.4 Å². The molecule has 2 aromatic carbocycles. The molecule has 1 amide bonds. The van der Waals surface area contributed by atoms with Gasteiger partial charge in [-0.2, -0.15) is 0 Å². The molecule has 2 atom stereocenters. The van der Waals surface area contributed by atoms with E-state index in [1.165, 1.54) is 5.56 Å². The number of hydrogen-bond acceptors (Lipinski definition) is 3. The third-order valence-electron chi connectivity index (χ3n) is 3.70. The lowest BCUT2D eigenvalue weighted by Crippen LogP contribution is -2.12. The maximum Gasteiger partial charge on any atom is 0.248 e. The van der Waals surface area contributed by atoms with Crippen molar-refractivity contribution in [2.24, 2.45) is 5.73 Å². The van der Waals surface area contributed by atoms with Gasteiger partial charge in [0.05, 0.1) is 11.4 Å². The summed E-state index contributed by atoms with van der Waals surface area (Å²) in [4.78, 5) is 11.1. The van der Waals surface area contributed by atoms with Crippen molar-refractivity contribution in [2.45, 2.75) is 18.4 Å². The van der Waals surface area contributed by atoms with Crippen LogP contribution in [0.3, 0.4) is 0 Å². The molecule has 102 valence electrons. The summed E-state index contributed by atoms with van der Waals surface area (Å²) in [5, 5.41) is 3.42. The molecule has 4 heteroatoms. The van der Waals surface area contributed by atoms with E-state index in [4.69, 9.17) is 11.5 Å². The van der Waals surface area contributed by atoms with E-state index in [-0.39, 0.29) is 0 Å². The first-order chi connectivity index (χ1) is 9.65. The van der Waals surface area contributed by atoms with Crippen LogP contribution in [0.15, 0.2) is 48.5 Å². The molecular weight excluding hydrogens is 250 g/mol. The zero-order valence-corrected chi connectivity index (χ0v) is 11.0. The molecule has 0 bridgehead atoms. The van der Waals surface area contributed by atoms with Crippen LogP contribution in [0.5, 0.6) is 0 Å². The number of carbonyl (C=O) groups is 1. The summed E-state index contributed by atoms with van der Waals surface area (Å²) in [5.74, 6) is 0.0725. The van der Waals surface area contributed by atoms with E-state index >= 15 is 0 Å². The molecule has 1 aliphatic carbocycles. The Kier molecular flexibility index (Phi) is 3.06. The highest BCUT2D eigenvalue weighted by molar-refractivity contribution is 5.94. The predicted molar refractivity (Wildman–Crippen MR) is 80.6 cm³/mol. The van der Waals surface area contributed by atoms with Crippen molar-refractivity contribution >= 4 is 17.3 Å². The monoisotopic (exact) mass is 267 g/mol. The van der Waals surface area contributed by atoms with E-state index in [1.54, 1.807) is 12.1 Å². The second-order valence-electron chi connectivity index (χ2n) is 5.17. The molecule has 2 aromatic rings. The number of anilines is 2. The minimum Gasteiger partial charge on any atom is -0.397 e.